The first kappa shape index (κ1) is 15.2. The first-order valence-corrected chi connectivity index (χ1v) is 8.50. The van der Waals surface area contributed by atoms with Gasteiger partial charge in [0.1, 0.15) is 5.52 Å². The molecule has 0 atom stereocenters. The Hall–Kier alpha value is -2.34. The van der Waals surface area contributed by atoms with Gasteiger partial charge >= 0.3 is 0 Å². The summed E-state index contributed by atoms with van der Waals surface area (Å²) in [5.41, 5.74) is 4.26. The van der Waals surface area contributed by atoms with E-state index in [9.17, 15) is 0 Å². The molecule has 0 radical (unpaired) electrons. The Morgan fingerprint density at radius 2 is 2.08 bits per heavy atom. The Labute approximate surface area is 141 Å². The molecule has 1 aliphatic rings. The van der Waals surface area contributed by atoms with Gasteiger partial charge in [0.15, 0.2) is 5.58 Å². The third-order valence-corrected chi connectivity index (χ3v) is 4.62. The molecule has 6 nitrogen and oxygen atoms in total. The number of aromatic nitrogens is 3. The zero-order valence-electron chi connectivity index (χ0n) is 14.3. The van der Waals surface area contributed by atoms with Crippen molar-refractivity contribution in [3.63, 3.8) is 0 Å². The average molecular weight is 325 g/mol. The number of anilines is 1. The van der Waals surface area contributed by atoms with Crippen LogP contribution in [-0.4, -0.2) is 45.8 Å². The number of para-hydroxylation sites is 1. The predicted octanol–water partition coefficient (Wildman–Crippen LogP) is 2.58. The van der Waals surface area contributed by atoms with Gasteiger partial charge in [0, 0.05) is 51.5 Å². The molecule has 1 fully saturated rings. The first-order valence-electron chi connectivity index (χ1n) is 8.50. The molecule has 126 valence electrons. The van der Waals surface area contributed by atoms with E-state index in [1.807, 2.05) is 30.1 Å². The van der Waals surface area contributed by atoms with Crippen LogP contribution >= 0.6 is 0 Å². The van der Waals surface area contributed by atoms with Crippen LogP contribution in [0.15, 0.2) is 35.0 Å². The highest BCUT2D eigenvalue weighted by molar-refractivity contribution is 5.77. The van der Waals surface area contributed by atoms with Gasteiger partial charge in [-0.25, -0.2) is 0 Å². The lowest BCUT2D eigenvalue weighted by atomic mass is 10.2. The molecule has 0 bridgehead atoms. The highest BCUT2D eigenvalue weighted by Crippen LogP contribution is 2.25. The normalized spacial score (nSPS) is 16.7. The van der Waals surface area contributed by atoms with Gasteiger partial charge in [-0.2, -0.15) is 10.1 Å². The lowest BCUT2D eigenvalue weighted by Crippen LogP contribution is -2.30. The fraction of sp³-hybridized carbons (Fsp3) is 0.444. The zero-order valence-corrected chi connectivity index (χ0v) is 14.3. The number of fused-ring (bicyclic) bond motifs is 1. The Kier molecular flexibility index (Phi) is 3.98. The second kappa shape index (κ2) is 6.28. The molecule has 1 saturated heterocycles. The van der Waals surface area contributed by atoms with Gasteiger partial charge in [0.2, 0.25) is 0 Å². The Morgan fingerprint density at radius 3 is 2.88 bits per heavy atom. The smallest absolute Gasteiger partial charge is 0.298 e. The molecule has 24 heavy (non-hydrogen) atoms. The number of benzene rings is 1. The average Bonchev–Trinajstić information content (AvgIpc) is 3.10. The van der Waals surface area contributed by atoms with Crippen molar-refractivity contribution in [2.24, 2.45) is 7.05 Å². The van der Waals surface area contributed by atoms with Crippen LogP contribution in [-0.2, 0) is 13.6 Å². The van der Waals surface area contributed by atoms with Gasteiger partial charge in [-0.15, -0.1) is 0 Å². The summed E-state index contributed by atoms with van der Waals surface area (Å²) in [7, 11) is 1.96. The standard InChI is InChI=1S/C18H23N5O/c1-14-5-3-6-16-17(14)24-18(20-16)23-8-4-7-22(9-10-23)13-15-11-19-21(2)12-15/h3,5-6,11-12H,4,7-10,13H2,1-2H3. The minimum absolute atomic E-state index is 0.752. The van der Waals surface area contributed by atoms with Crippen molar-refractivity contribution in [1.29, 1.82) is 0 Å². The van der Waals surface area contributed by atoms with Crippen LogP contribution in [0.1, 0.15) is 17.5 Å². The maximum absolute atomic E-state index is 6.03. The molecule has 6 heteroatoms. The SMILES string of the molecule is Cc1cccc2nc(N3CCCN(Cc4cnn(C)c4)CC3)oc12. The van der Waals surface area contributed by atoms with Crippen LogP contribution in [0.3, 0.4) is 0 Å². The molecular formula is C18H23N5O. The van der Waals surface area contributed by atoms with Gasteiger partial charge in [-0.1, -0.05) is 12.1 Å². The lowest BCUT2D eigenvalue weighted by molar-refractivity contribution is 0.285. The summed E-state index contributed by atoms with van der Waals surface area (Å²) in [6, 6.07) is 6.86. The van der Waals surface area contributed by atoms with Crippen LogP contribution in [0.2, 0.25) is 0 Å². The highest BCUT2D eigenvalue weighted by Gasteiger charge is 2.20. The van der Waals surface area contributed by atoms with E-state index < -0.39 is 0 Å². The van der Waals surface area contributed by atoms with Gasteiger partial charge < -0.3 is 9.32 Å². The van der Waals surface area contributed by atoms with Gasteiger partial charge in [-0.05, 0) is 25.0 Å². The molecule has 3 aromatic rings. The maximum atomic E-state index is 6.03. The monoisotopic (exact) mass is 325 g/mol. The van der Waals surface area contributed by atoms with E-state index in [0.717, 1.165) is 61.8 Å². The third kappa shape index (κ3) is 3.01. The minimum Gasteiger partial charge on any atom is -0.423 e. The number of rotatable bonds is 3. The molecule has 2 aromatic heterocycles. The van der Waals surface area contributed by atoms with Crippen LogP contribution in [0, 0.1) is 6.92 Å². The Bertz CT molecular complexity index is 837. The Morgan fingerprint density at radius 1 is 1.17 bits per heavy atom. The molecule has 3 heterocycles. The van der Waals surface area contributed by atoms with Crippen molar-refractivity contribution in [3.8, 4) is 0 Å². The van der Waals surface area contributed by atoms with Crippen LogP contribution in [0.25, 0.3) is 11.1 Å². The minimum atomic E-state index is 0.752. The summed E-state index contributed by atoms with van der Waals surface area (Å²) in [4.78, 5) is 9.42. The molecule has 0 saturated carbocycles. The molecule has 0 amide bonds. The van der Waals surface area contributed by atoms with Crippen LogP contribution in [0.4, 0.5) is 6.01 Å². The van der Waals surface area contributed by atoms with Crippen molar-refractivity contribution >= 4 is 17.1 Å². The Balaban J connectivity index is 1.46. The van der Waals surface area contributed by atoms with Gasteiger partial charge in [0.05, 0.1) is 6.20 Å². The van der Waals surface area contributed by atoms with E-state index in [1.54, 1.807) is 0 Å². The van der Waals surface area contributed by atoms with E-state index in [1.165, 1.54) is 5.56 Å². The van der Waals surface area contributed by atoms with E-state index >= 15 is 0 Å². The summed E-state index contributed by atoms with van der Waals surface area (Å²) in [5.74, 6) is 0. The molecule has 1 aliphatic heterocycles. The van der Waals surface area contributed by atoms with Gasteiger partial charge in [-0.3, -0.25) is 9.58 Å². The summed E-state index contributed by atoms with van der Waals surface area (Å²) in [5, 5.41) is 4.26. The number of aryl methyl sites for hydroxylation is 2. The molecular weight excluding hydrogens is 302 g/mol. The van der Waals surface area contributed by atoms with E-state index in [2.05, 4.69) is 39.1 Å². The number of nitrogens with zero attached hydrogens (tertiary/aromatic N) is 5. The van der Waals surface area contributed by atoms with E-state index in [4.69, 9.17) is 4.42 Å². The van der Waals surface area contributed by atoms with Crippen molar-refractivity contribution in [2.45, 2.75) is 19.9 Å². The quantitative estimate of drug-likeness (QED) is 0.741. The van der Waals surface area contributed by atoms with Crippen molar-refractivity contribution in [3.05, 3.63) is 41.7 Å². The second-order valence-corrected chi connectivity index (χ2v) is 6.56. The summed E-state index contributed by atoms with van der Waals surface area (Å²) in [6.07, 6.45) is 5.15. The molecule has 0 unspecified atom stereocenters. The zero-order chi connectivity index (χ0) is 16.5. The fourth-order valence-corrected chi connectivity index (χ4v) is 3.34. The van der Waals surface area contributed by atoms with Crippen LogP contribution in [0.5, 0.6) is 0 Å². The molecule has 0 aliphatic carbocycles. The highest BCUT2D eigenvalue weighted by atomic mass is 16.4. The molecule has 4 rings (SSSR count). The maximum Gasteiger partial charge on any atom is 0.298 e. The summed E-state index contributed by atoms with van der Waals surface area (Å²) < 4.78 is 7.89. The number of hydrogen-bond donors (Lipinski definition) is 0. The second-order valence-electron chi connectivity index (χ2n) is 6.56. The number of oxazole rings is 1. The third-order valence-electron chi connectivity index (χ3n) is 4.62. The number of hydrogen-bond acceptors (Lipinski definition) is 5. The van der Waals surface area contributed by atoms with Gasteiger partial charge in [0.25, 0.3) is 6.01 Å². The van der Waals surface area contributed by atoms with E-state index in [0.29, 0.717) is 0 Å². The molecule has 1 aromatic carbocycles. The summed E-state index contributed by atoms with van der Waals surface area (Å²) >= 11 is 0. The topological polar surface area (TPSA) is 50.3 Å². The summed E-state index contributed by atoms with van der Waals surface area (Å²) in [6.45, 7) is 7.03. The molecule has 0 spiro atoms. The molecule has 0 N–H and O–H groups in total. The van der Waals surface area contributed by atoms with Crippen molar-refractivity contribution in [1.82, 2.24) is 19.7 Å². The van der Waals surface area contributed by atoms with E-state index in [-0.39, 0.29) is 0 Å². The first-order chi connectivity index (χ1) is 11.7. The lowest BCUT2D eigenvalue weighted by Gasteiger charge is -2.20. The van der Waals surface area contributed by atoms with Crippen LogP contribution < -0.4 is 4.90 Å². The largest absolute Gasteiger partial charge is 0.423 e. The van der Waals surface area contributed by atoms with Crippen molar-refractivity contribution in [2.75, 3.05) is 31.1 Å². The fourth-order valence-electron chi connectivity index (χ4n) is 3.34. The predicted molar refractivity (Wildman–Crippen MR) is 94.1 cm³/mol. The van der Waals surface area contributed by atoms with Crippen molar-refractivity contribution < 1.29 is 4.42 Å².